The van der Waals surface area contributed by atoms with Crippen molar-refractivity contribution in [1.82, 2.24) is 24.6 Å². The second-order valence-electron chi connectivity index (χ2n) is 10.5. The molecule has 3 aromatic rings. The smallest absolute Gasteiger partial charge is 0.227 e. The molecule has 0 radical (unpaired) electrons. The number of piperazine rings is 1. The van der Waals surface area contributed by atoms with E-state index in [2.05, 4.69) is 56.7 Å². The first kappa shape index (κ1) is 22.1. The van der Waals surface area contributed by atoms with Gasteiger partial charge in [0.05, 0.1) is 52.1 Å². The minimum absolute atomic E-state index is 0.00990. The lowest BCUT2D eigenvalue weighted by atomic mass is 10.0. The molecule has 4 heterocycles. The van der Waals surface area contributed by atoms with E-state index in [1.807, 2.05) is 18.5 Å². The summed E-state index contributed by atoms with van der Waals surface area (Å²) in [5.41, 5.74) is 3.99. The highest BCUT2D eigenvalue weighted by atomic mass is 35.5. The molecule has 0 spiro atoms. The molecule has 3 aliphatic rings. The summed E-state index contributed by atoms with van der Waals surface area (Å²) in [5, 5.41) is 9.57. The Morgan fingerprint density at radius 3 is 2.59 bits per heavy atom. The number of hydrogen-bond acceptors (Lipinski definition) is 7. The molecule has 0 bridgehead atoms. The number of anilines is 3. The number of nitrogens with one attached hydrogen (secondary N) is 1. The van der Waals surface area contributed by atoms with Gasteiger partial charge in [-0.2, -0.15) is 5.10 Å². The predicted molar refractivity (Wildman–Crippen MR) is 135 cm³/mol. The van der Waals surface area contributed by atoms with Crippen molar-refractivity contribution in [1.29, 1.82) is 0 Å². The quantitative estimate of drug-likeness (QED) is 0.572. The van der Waals surface area contributed by atoms with E-state index in [9.17, 15) is 0 Å². The van der Waals surface area contributed by atoms with Gasteiger partial charge in [-0.25, -0.2) is 9.97 Å². The summed E-state index contributed by atoms with van der Waals surface area (Å²) < 4.78 is 8.06. The second-order valence-corrected chi connectivity index (χ2v) is 10.9. The highest BCUT2D eigenvalue weighted by Crippen LogP contribution is 2.37. The molecule has 34 heavy (non-hydrogen) atoms. The first-order chi connectivity index (χ1) is 16.4. The van der Waals surface area contributed by atoms with Gasteiger partial charge in [-0.15, -0.1) is 0 Å². The van der Waals surface area contributed by atoms with E-state index in [1.165, 1.54) is 12.8 Å². The topological polar surface area (TPSA) is 71.3 Å². The summed E-state index contributed by atoms with van der Waals surface area (Å²) >= 11 is 6.71. The Hall–Kier alpha value is -2.42. The van der Waals surface area contributed by atoms with E-state index in [0.29, 0.717) is 18.0 Å². The van der Waals surface area contributed by atoms with Gasteiger partial charge in [0.15, 0.2) is 0 Å². The van der Waals surface area contributed by atoms with Gasteiger partial charge in [0, 0.05) is 43.8 Å². The Morgan fingerprint density at radius 1 is 1.09 bits per heavy atom. The zero-order valence-electron chi connectivity index (χ0n) is 20.1. The average Bonchev–Trinajstić information content (AvgIpc) is 3.51. The van der Waals surface area contributed by atoms with Gasteiger partial charge in [0.2, 0.25) is 5.95 Å². The molecule has 1 saturated carbocycles. The number of benzene rings is 1. The molecule has 1 atom stereocenters. The van der Waals surface area contributed by atoms with Crippen molar-refractivity contribution in [3.05, 3.63) is 35.2 Å². The van der Waals surface area contributed by atoms with Crippen molar-refractivity contribution in [3.63, 3.8) is 0 Å². The molecule has 2 aromatic heterocycles. The Labute approximate surface area is 205 Å². The van der Waals surface area contributed by atoms with Gasteiger partial charge in [0.1, 0.15) is 0 Å². The van der Waals surface area contributed by atoms with Crippen LogP contribution < -0.4 is 10.2 Å². The highest BCUT2D eigenvalue weighted by Gasteiger charge is 2.36. The molecule has 0 amide bonds. The summed E-state index contributed by atoms with van der Waals surface area (Å²) in [6.07, 6.45) is 7.21. The molecule has 6 rings (SSSR count). The zero-order valence-corrected chi connectivity index (χ0v) is 20.8. The molecule has 1 aromatic carbocycles. The van der Waals surface area contributed by atoms with Gasteiger partial charge in [-0.3, -0.25) is 9.58 Å². The SMILES string of the molecule is Cc1c(Nc2ncc3cc(Cl)c(N4CCN(C5COC(C)(C)C5)CC4)cc3n2)cnn1C1CC1. The maximum absolute atomic E-state index is 6.71. The highest BCUT2D eigenvalue weighted by molar-refractivity contribution is 6.34. The molecule has 1 unspecified atom stereocenters. The maximum Gasteiger partial charge on any atom is 0.227 e. The second kappa shape index (κ2) is 8.36. The minimum Gasteiger partial charge on any atom is -0.374 e. The Balaban J connectivity index is 1.18. The number of fused-ring (bicyclic) bond motifs is 1. The number of rotatable bonds is 5. The van der Waals surface area contributed by atoms with Crippen LogP contribution in [-0.4, -0.2) is 69.1 Å². The maximum atomic E-state index is 6.71. The van der Waals surface area contributed by atoms with E-state index in [0.717, 1.165) is 72.2 Å². The predicted octanol–water partition coefficient (Wildman–Crippen LogP) is 4.56. The number of halogens is 1. The summed E-state index contributed by atoms with van der Waals surface area (Å²) in [6.45, 7) is 11.2. The van der Waals surface area contributed by atoms with Crippen LogP contribution in [0.25, 0.3) is 10.9 Å². The molecule has 180 valence electrons. The fourth-order valence-corrected chi connectivity index (χ4v) is 5.56. The third-order valence-electron chi connectivity index (χ3n) is 7.40. The number of hydrogen-bond donors (Lipinski definition) is 1. The van der Waals surface area contributed by atoms with Crippen LogP contribution in [-0.2, 0) is 4.74 Å². The molecule has 9 heteroatoms. The van der Waals surface area contributed by atoms with Gasteiger partial charge >= 0.3 is 0 Å². The van der Waals surface area contributed by atoms with Gasteiger partial charge in [-0.05, 0) is 52.2 Å². The van der Waals surface area contributed by atoms with Crippen LogP contribution in [0, 0.1) is 6.92 Å². The van der Waals surface area contributed by atoms with Crippen molar-refractivity contribution in [3.8, 4) is 0 Å². The van der Waals surface area contributed by atoms with Crippen molar-refractivity contribution >= 4 is 39.8 Å². The van der Waals surface area contributed by atoms with Crippen molar-refractivity contribution in [2.75, 3.05) is 43.0 Å². The largest absolute Gasteiger partial charge is 0.374 e. The molecular formula is C25H32ClN7O. The first-order valence-corrected chi connectivity index (χ1v) is 12.6. The van der Waals surface area contributed by atoms with E-state index in [-0.39, 0.29) is 5.60 Å². The molecule has 1 aliphatic carbocycles. The fraction of sp³-hybridized carbons (Fsp3) is 0.560. The van der Waals surface area contributed by atoms with Crippen molar-refractivity contribution in [2.45, 2.75) is 57.7 Å². The summed E-state index contributed by atoms with van der Waals surface area (Å²) in [4.78, 5) is 14.2. The van der Waals surface area contributed by atoms with Gasteiger partial charge < -0.3 is 15.0 Å². The first-order valence-electron chi connectivity index (χ1n) is 12.3. The monoisotopic (exact) mass is 481 g/mol. The molecular weight excluding hydrogens is 450 g/mol. The van der Waals surface area contributed by atoms with Crippen LogP contribution in [0.1, 0.15) is 44.8 Å². The zero-order chi connectivity index (χ0) is 23.4. The minimum atomic E-state index is -0.00990. The standard InChI is InChI=1S/C25H32ClN7O/c1-16-22(14-28-33(16)18-4-5-18)30-24-27-13-17-10-20(26)23(11-21(17)29-24)32-8-6-31(7-9-32)19-12-25(2,3)34-15-19/h10-11,13-14,18-19H,4-9,12,15H2,1-3H3,(H,27,29,30). The lowest BCUT2D eigenvalue weighted by molar-refractivity contribution is 0.0326. The third-order valence-corrected chi connectivity index (χ3v) is 7.70. The molecule has 1 N–H and O–H groups in total. The van der Waals surface area contributed by atoms with Crippen molar-refractivity contribution < 1.29 is 4.74 Å². The van der Waals surface area contributed by atoms with E-state index in [4.69, 9.17) is 21.3 Å². The summed E-state index contributed by atoms with van der Waals surface area (Å²) in [6, 6.07) is 5.14. The summed E-state index contributed by atoms with van der Waals surface area (Å²) in [5.74, 6) is 0.577. The third kappa shape index (κ3) is 4.23. The Bertz CT molecular complexity index is 1210. The lowest BCUT2D eigenvalue weighted by Gasteiger charge is -2.39. The Morgan fingerprint density at radius 2 is 1.88 bits per heavy atom. The van der Waals surface area contributed by atoms with Crippen LogP contribution in [0.5, 0.6) is 0 Å². The number of ether oxygens (including phenoxy) is 1. The van der Waals surface area contributed by atoms with Crippen LogP contribution in [0.4, 0.5) is 17.3 Å². The van der Waals surface area contributed by atoms with Crippen LogP contribution in [0.15, 0.2) is 24.5 Å². The Kier molecular flexibility index (Phi) is 5.43. The van der Waals surface area contributed by atoms with Crippen LogP contribution in [0.3, 0.4) is 0 Å². The average molecular weight is 482 g/mol. The van der Waals surface area contributed by atoms with E-state index in [1.54, 1.807) is 0 Å². The van der Waals surface area contributed by atoms with Gasteiger partial charge in [0.25, 0.3) is 0 Å². The lowest BCUT2D eigenvalue weighted by Crippen LogP contribution is -2.51. The number of aromatic nitrogens is 4. The van der Waals surface area contributed by atoms with Crippen molar-refractivity contribution in [2.24, 2.45) is 0 Å². The molecule has 2 aliphatic heterocycles. The van der Waals surface area contributed by atoms with Crippen LogP contribution >= 0.6 is 11.6 Å². The van der Waals surface area contributed by atoms with Gasteiger partial charge in [-0.1, -0.05) is 11.6 Å². The van der Waals surface area contributed by atoms with Crippen LogP contribution in [0.2, 0.25) is 5.02 Å². The van der Waals surface area contributed by atoms with E-state index < -0.39 is 0 Å². The normalized spacial score (nSPS) is 23.1. The summed E-state index contributed by atoms with van der Waals surface area (Å²) in [7, 11) is 0. The number of nitrogens with zero attached hydrogens (tertiary/aromatic N) is 6. The molecule has 2 saturated heterocycles. The van der Waals surface area contributed by atoms with E-state index >= 15 is 0 Å². The fourth-order valence-electron chi connectivity index (χ4n) is 5.27. The molecule has 3 fully saturated rings. The molecule has 8 nitrogen and oxygen atoms in total.